The van der Waals surface area contributed by atoms with Gasteiger partial charge in [0.1, 0.15) is 6.61 Å². The summed E-state index contributed by atoms with van der Waals surface area (Å²) in [5.74, 6) is 2.26. The summed E-state index contributed by atoms with van der Waals surface area (Å²) in [6, 6.07) is 17.5. The van der Waals surface area contributed by atoms with E-state index in [0.717, 1.165) is 23.4 Å². The first kappa shape index (κ1) is 19.6. The summed E-state index contributed by atoms with van der Waals surface area (Å²) in [5.41, 5.74) is 1.99. The molecule has 3 aromatic rings. The molecule has 31 heavy (non-hydrogen) atoms. The van der Waals surface area contributed by atoms with Crippen LogP contribution in [-0.2, 0) is 11.8 Å². The second kappa shape index (κ2) is 8.43. The van der Waals surface area contributed by atoms with Gasteiger partial charge in [-0.1, -0.05) is 54.2 Å². The maximum absolute atomic E-state index is 12.6. The fourth-order valence-corrected chi connectivity index (χ4v) is 4.34. The highest BCUT2D eigenvalue weighted by Gasteiger charge is 2.28. The van der Waals surface area contributed by atoms with Crippen molar-refractivity contribution in [3.8, 4) is 11.5 Å². The molecule has 3 heterocycles. The van der Waals surface area contributed by atoms with Crippen LogP contribution < -0.4 is 9.47 Å². The van der Waals surface area contributed by atoms with E-state index in [9.17, 15) is 4.79 Å². The van der Waals surface area contributed by atoms with Gasteiger partial charge in [0.05, 0.1) is 18.0 Å². The molecule has 8 nitrogen and oxygen atoms in total. The van der Waals surface area contributed by atoms with E-state index >= 15 is 0 Å². The third-order valence-electron chi connectivity index (χ3n) is 5.19. The number of rotatable bonds is 5. The largest absolute Gasteiger partial charge is 0.485 e. The van der Waals surface area contributed by atoms with E-state index in [4.69, 9.17) is 9.47 Å². The molecule has 1 amide bonds. The van der Waals surface area contributed by atoms with E-state index in [0.29, 0.717) is 29.9 Å². The maximum Gasteiger partial charge on any atom is 0.253 e. The third-order valence-corrected chi connectivity index (χ3v) is 6.19. The molecule has 158 valence electrons. The van der Waals surface area contributed by atoms with E-state index in [1.54, 1.807) is 5.01 Å². The van der Waals surface area contributed by atoms with Gasteiger partial charge in [0, 0.05) is 13.5 Å². The highest BCUT2D eigenvalue weighted by molar-refractivity contribution is 7.99. The van der Waals surface area contributed by atoms with Crippen molar-refractivity contribution >= 4 is 23.4 Å². The molecule has 2 aliphatic heterocycles. The number of benzene rings is 2. The fourth-order valence-electron chi connectivity index (χ4n) is 3.55. The van der Waals surface area contributed by atoms with Gasteiger partial charge in [-0.2, -0.15) is 5.10 Å². The second-order valence-corrected chi connectivity index (χ2v) is 8.17. The van der Waals surface area contributed by atoms with Crippen LogP contribution in [0.5, 0.6) is 11.5 Å². The molecule has 0 fully saturated rings. The molecular weight excluding hydrogens is 414 g/mol. The number of amides is 1. The number of carbonyl (C=O) groups excluding carboxylic acids is 1. The Morgan fingerprint density at radius 2 is 1.87 bits per heavy atom. The van der Waals surface area contributed by atoms with Gasteiger partial charge < -0.3 is 14.0 Å². The molecule has 0 bridgehead atoms. The van der Waals surface area contributed by atoms with Crippen molar-refractivity contribution in [2.24, 2.45) is 12.1 Å². The first-order valence-corrected chi connectivity index (χ1v) is 11.0. The SMILES string of the molecule is Cn1c(SCC(=O)N2CCC(c3ccccc3)=N2)nnc1[C@@H]1COc2ccccc2O1. The molecule has 0 saturated heterocycles. The number of hydrogen-bond acceptors (Lipinski definition) is 7. The number of aromatic nitrogens is 3. The molecule has 0 saturated carbocycles. The Morgan fingerprint density at radius 1 is 1.10 bits per heavy atom. The van der Waals surface area contributed by atoms with Crippen LogP contribution in [0.25, 0.3) is 0 Å². The van der Waals surface area contributed by atoms with E-state index in [1.165, 1.54) is 11.8 Å². The van der Waals surface area contributed by atoms with Gasteiger partial charge in [-0.05, 0) is 17.7 Å². The minimum absolute atomic E-state index is 0.0494. The Bertz CT molecular complexity index is 1130. The lowest BCUT2D eigenvalue weighted by molar-refractivity contribution is -0.127. The third kappa shape index (κ3) is 4.00. The summed E-state index contributed by atoms with van der Waals surface area (Å²) in [5, 5.41) is 15.2. The predicted octanol–water partition coefficient (Wildman–Crippen LogP) is 3.06. The van der Waals surface area contributed by atoms with Crippen LogP contribution in [0.4, 0.5) is 0 Å². The van der Waals surface area contributed by atoms with Crippen LogP contribution in [0.2, 0.25) is 0 Å². The first-order valence-electron chi connectivity index (χ1n) is 10.0. The highest BCUT2D eigenvalue weighted by atomic mass is 32.2. The molecule has 5 rings (SSSR count). The van der Waals surface area contributed by atoms with Crippen molar-refractivity contribution in [1.29, 1.82) is 0 Å². The van der Waals surface area contributed by atoms with Crippen molar-refractivity contribution in [3.05, 3.63) is 66.0 Å². The zero-order valence-corrected chi connectivity index (χ0v) is 17.8. The topological polar surface area (TPSA) is 81.8 Å². The normalized spacial score (nSPS) is 17.5. The number of hydrogen-bond donors (Lipinski definition) is 0. The van der Waals surface area contributed by atoms with Gasteiger partial charge in [0.25, 0.3) is 5.91 Å². The Hall–Kier alpha value is -3.33. The lowest BCUT2D eigenvalue weighted by atomic mass is 10.1. The van der Waals surface area contributed by atoms with Gasteiger partial charge in [-0.15, -0.1) is 10.2 Å². The van der Waals surface area contributed by atoms with Crippen LogP contribution >= 0.6 is 11.8 Å². The molecule has 1 atom stereocenters. The standard InChI is InChI=1S/C22H21N5O3S/c1-26-21(19-13-29-17-9-5-6-10-18(17)30-19)23-24-22(26)31-14-20(28)27-12-11-16(25-27)15-7-3-2-4-8-15/h2-10,19H,11-14H2,1H3/t19-/m0/s1. The average Bonchev–Trinajstić information content (AvgIpc) is 3.45. The number of ether oxygens (including phenoxy) is 2. The summed E-state index contributed by atoms with van der Waals surface area (Å²) < 4.78 is 13.7. The molecule has 9 heteroatoms. The summed E-state index contributed by atoms with van der Waals surface area (Å²) in [7, 11) is 1.87. The highest BCUT2D eigenvalue weighted by Crippen LogP contribution is 2.35. The van der Waals surface area contributed by atoms with Gasteiger partial charge >= 0.3 is 0 Å². The molecule has 2 aliphatic rings. The Balaban J connectivity index is 1.22. The Morgan fingerprint density at radius 3 is 2.71 bits per heavy atom. The molecule has 1 aromatic heterocycles. The fraction of sp³-hybridized carbons (Fsp3) is 0.273. The first-order chi connectivity index (χ1) is 15.2. The lowest BCUT2D eigenvalue weighted by Gasteiger charge is -2.25. The minimum Gasteiger partial charge on any atom is -0.485 e. The molecule has 0 aliphatic carbocycles. The number of hydrazone groups is 1. The van der Waals surface area contributed by atoms with Gasteiger partial charge in [0.2, 0.25) is 0 Å². The Kier molecular flexibility index (Phi) is 5.33. The summed E-state index contributed by atoms with van der Waals surface area (Å²) in [6.07, 6.45) is 0.406. The molecule has 2 aromatic carbocycles. The summed E-state index contributed by atoms with van der Waals surface area (Å²) in [6.45, 7) is 0.956. The van der Waals surface area contributed by atoms with E-state index < -0.39 is 0 Å². The molecular formula is C22H21N5O3S. The molecule has 0 radical (unpaired) electrons. The van der Waals surface area contributed by atoms with Gasteiger partial charge in [0.15, 0.2) is 28.6 Å². The quantitative estimate of drug-likeness (QED) is 0.573. The monoisotopic (exact) mass is 435 g/mol. The molecule has 0 N–H and O–H groups in total. The van der Waals surface area contributed by atoms with E-state index in [2.05, 4.69) is 15.3 Å². The minimum atomic E-state index is -0.353. The number of para-hydroxylation sites is 2. The van der Waals surface area contributed by atoms with Crippen LogP contribution in [0.1, 0.15) is 23.9 Å². The summed E-state index contributed by atoms with van der Waals surface area (Å²) in [4.78, 5) is 12.6. The summed E-state index contributed by atoms with van der Waals surface area (Å²) >= 11 is 1.34. The number of carbonyl (C=O) groups is 1. The van der Waals surface area contributed by atoms with Crippen molar-refractivity contribution < 1.29 is 14.3 Å². The zero-order chi connectivity index (χ0) is 21.2. The number of nitrogens with zero attached hydrogens (tertiary/aromatic N) is 5. The van der Waals surface area contributed by atoms with Gasteiger partial charge in [-0.25, -0.2) is 5.01 Å². The Labute approximate surface area is 183 Å². The van der Waals surface area contributed by atoms with Crippen molar-refractivity contribution in [3.63, 3.8) is 0 Å². The van der Waals surface area contributed by atoms with Crippen molar-refractivity contribution in [2.45, 2.75) is 17.7 Å². The smallest absolute Gasteiger partial charge is 0.253 e. The molecule has 0 spiro atoms. The van der Waals surface area contributed by atoms with E-state index in [1.807, 2.05) is 66.2 Å². The number of fused-ring (bicyclic) bond motifs is 1. The van der Waals surface area contributed by atoms with Crippen LogP contribution in [-0.4, -0.2) is 50.3 Å². The van der Waals surface area contributed by atoms with Crippen LogP contribution in [0.15, 0.2) is 64.9 Å². The number of thioether (sulfide) groups is 1. The van der Waals surface area contributed by atoms with Gasteiger partial charge in [-0.3, -0.25) is 4.79 Å². The zero-order valence-electron chi connectivity index (χ0n) is 17.0. The van der Waals surface area contributed by atoms with Crippen molar-refractivity contribution in [1.82, 2.24) is 19.8 Å². The van der Waals surface area contributed by atoms with Crippen LogP contribution in [0, 0.1) is 0 Å². The average molecular weight is 436 g/mol. The maximum atomic E-state index is 12.6. The second-order valence-electron chi connectivity index (χ2n) is 7.23. The molecule has 0 unspecified atom stereocenters. The van der Waals surface area contributed by atoms with E-state index in [-0.39, 0.29) is 17.8 Å². The van der Waals surface area contributed by atoms with Crippen LogP contribution in [0.3, 0.4) is 0 Å². The van der Waals surface area contributed by atoms with Crippen molar-refractivity contribution in [2.75, 3.05) is 18.9 Å². The lowest BCUT2D eigenvalue weighted by Crippen LogP contribution is -2.25. The predicted molar refractivity (Wildman–Crippen MR) is 116 cm³/mol.